The number of pyridine rings is 2. The van der Waals surface area contributed by atoms with Gasteiger partial charge in [0.2, 0.25) is 29.5 Å². The lowest BCUT2D eigenvalue weighted by molar-refractivity contribution is -0.172. The maximum Gasteiger partial charge on any atom is 0.407 e. The van der Waals surface area contributed by atoms with E-state index < -0.39 is 65.0 Å². The number of rotatable bonds is 58. The van der Waals surface area contributed by atoms with E-state index in [0.717, 1.165) is 5.56 Å². The van der Waals surface area contributed by atoms with E-state index in [1.54, 1.807) is 65.1 Å². The van der Waals surface area contributed by atoms with Crippen LogP contribution in [0.3, 0.4) is 0 Å². The number of anilines is 1. The number of methoxy groups -OCH3 is 1. The molecule has 0 spiro atoms. The third-order valence-electron chi connectivity index (χ3n) is 18.9. The van der Waals surface area contributed by atoms with E-state index in [9.17, 15) is 43.5 Å². The summed E-state index contributed by atoms with van der Waals surface area (Å²) in [5, 5.41) is 29.1. The van der Waals surface area contributed by atoms with Crippen molar-refractivity contribution < 1.29 is 109 Å². The summed E-state index contributed by atoms with van der Waals surface area (Å²) in [5.41, 5.74) is 8.52. The molecule has 2 aliphatic heterocycles. The number of hydrogen-bond donors (Lipinski definition) is 8. The van der Waals surface area contributed by atoms with Crippen LogP contribution in [0.1, 0.15) is 137 Å². The van der Waals surface area contributed by atoms with Gasteiger partial charge in [-0.25, -0.2) is 19.0 Å². The molecule has 2 aromatic heterocycles. The summed E-state index contributed by atoms with van der Waals surface area (Å²) in [4.78, 5) is 110. The first-order chi connectivity index (χ1) is 53.8. The number of amides is 6. The van der Waals surface area contributed by atoms with Crippen molar-refractivity contribution >= 4 is 58.2 Å². The van der Waals surface area contributed by atoms with Gasteiger partial charge in [-0.15, -0.1) is 0 Å². The van der Waals surface area contributed by atoms with Crippen molar-refractivity contribution in [1.29, 1.82) is 0 Å². The van der Waals surface area contributed by atoms with E-state index >= 15 is 4.39 Å². The second-order valence-electron chi connectivity index (χ2n) is 27.4. The fourth-order valence-corrected chi connectivity index (χ4v) is 12.6. The number of unbranched alkanes of at least 4 members (excludes halogenated alkanes) is 3. The van der Waals surface area contributed by atoms with E-state index in [0.29, 0.717) is 260 Å². The van der Waals surface area contributed by atoms with Gasteiger partial charge in [0.15, 0.2) is 5.60 Å². The molecular weight excluding hydrogens is 1450 g/mol. The molecule has 32 nitrogen and oxygen atoms in total. The summed E-state index contributed by atoms with van der Waals surface area (Å²) in [5.74, 6) is -3.40. The summed E-state index contributed by atoms with van der Waals surface area (Å²) in [6.45, 7) is 19.4. The maximum absolute atomic E-state index is 15.5. The van der Waals surface area contributed by atoms with Gasteiger partial charge in [-0.05, 0) is 112 Å². The molecule has 3 aliphatic rings. The van der Waals surface area contributed by atoms with E-state index in [-0.39, 0.29) is 80.4 Å². The van der Waals surface area contributed by atoms with E-state index in [2.05, 4.69) is 31.9 Å². The predicted octanol–water partition coefficient (Wildman–Crippen LogP) is 4.53. The third-order valence-corrected chi connectivity index (χ3v) is 18.9. The van der Waals surface area contributed by atoms with Crippen molar-refractivity contribution in [2.24, 2.45) is 11.7 Å². The Balaban J connectivity index is 0.639. The molecule has 0 saturated carbocycles. The lowest BCUT2D eigenvalue weighted by Gasteiger charge is -2.31. The summed E-state index contributed by atoms with van der Waals surface area (Å²) in [7, 11) is 1.63. The zero-order valence-electron chi connectivity index (χ0n) is 65.2. The highest BCUT2D eigenvalue weighted by molar-refractivity contribution is 5.98. The first-order valence-electron chi connectivity index (χ1n) is 38.6. The van der Waals surface area contributed by atoms with Crippen LogP contribution in [0.25, 0.3) is 22.3 Å². The Labute approximate surface area is 648 Å². The number of carbonyl (C=O) groups is 7. The quantitative estimate of drug-likeness (QED) is 0.0196. The van der Waals surface area contributed by atoms with Crippen LogP contribution in [0.2, 0.25) is 0 Å². The highest BCUT2D eigenvalue weighted by Crippen LogP contribution is 2.46. The number of cyclic esters (lactones) is 1. The second kappa shape index (κ2) is 49.7. The van der Waals surface area contributed by atoms with Gasteiger partial charge >= 0.3 is 12.1 Å². The van der Waals surface area contributed by atoms with E-state index in [1.165, 1.54) is 17.6 Å². The summed E-state index contributed by atoms with van der Waals surface area (Å²) < 4.78 is 93.1. The predicted molar refractivity (Wildman–Crippen MR) is 405 cm³/mol. The Morgan fingerprint density at radius 3 is 1.74 bits per heavy atom. The number of aromatic nitrogens is 2. The number of aliphatic hydroxyl groups is 1. The number of aryl methyl sites for hydroxylation is 1. The maximum atomic E-state index is 15.5. The second-order valence-corrected chi connectivity index (χ2v) is 27.4. The molecule has 0 saturated heterocycles. The molecule has 0 bridgehead atoms. The van der Waals surface area contributed by atoms with Crippen LogP contribution in [0.5, 0.6) is 0 Å². The van der Waals surface area contributed by atoms with Gasteiger partial charge in [0.05, 0.1) is 193 Å². The topological polar surface area (TPSA) is 402 Å². The molecule has 33 heteroatoms. The third kappa shape index (κ3) is 29.6. The normalized spacial score (nSPS) is 15.6. The highest BCUT2D eigenvalue weighted by Gasteiger charge is 2.46. The van der Waals surface area contributed by atoms with Gasteiger partial charge in [-0.2, -0.15) is 0 Å². The van der Waals surface area contributed by atoms with Crippen LogP contribution in [-0.2, 0) is 127 Å². The molecule has 4 aromatic rings. The molecule has 4 heterocycles. The van der Waals surface area contributed by atoms with Crippen LogP contribution in [-0.4, -0.2) is 247 Å². The van der Waals surface area contributed by atoms with Crippen LogP contribution in [0.4, 0.5) is 14.9 Å². The summed E-state index contributed by atoms with van der Waals surface area (Å²) in [6, 6.07) is 6.27. The number of halogens is 1. The van der Waals surface area contributed by atoms with Gasteiger partial charge < -0.3 is 114 Å². The van der Waals surface area contributed by atoms with Crippen molar-refractivity contribution in [2.75, 3.05) is 177 Å². The minimum absolute atomic E-state index is 0.0376. The summed E-state index contributed by atoms with van der Waals surface area (Å²) >= 11 is 0. The van der Waals surface area contributed by atoms with Crippen LogP contribution >= 0.6 is 0 Å². The number of nitrogens with one attached hydrogen (secondary N) is 6. The van der Waals surface area contributed by atoms with Crippen molar-refractivity contribution in [3.63, 3.8) is 0 Å². The Kier molecular flexibility index (Phi) is 40.5. The number of esters is 1. The number of ether oxygens (including phenoxy) is 14. The average Bonchev–Trinajstić information content (AvgIpc) is 1.60. The fraction of sp³-hybridized carbons (Fsp3) is 0.654. The monoisotopic (exact) mass is 1570 g/mol. The number of nitrogens with two attached hydrogens (primary N) is 1. The van der Waals surface area contributed by atoms with Crippen molar-refractivity contribution in [3.8, 4) is 11.4 Å². The molecule has 9 N–H and O–H groups in total. The lowest BCUT2D eigenvalue weighted by Crippen LogP contribution is -2.53. The highest BCUT2D eigenvalue weighted by atomic mass is 19.1. The van der Waals surface area contributed by atoms with E-state index in [1.807, 2.05) is 0 Å². The zero-order valence-corrected chi connectivity index (χ0v) is 65.2. The smallest absolute Gasteiger partial charge is 0.407 e. The Hall–Kier alpha value is -7.74. The van der Waals surface area contributed by atoms with Crippen LogP contribution in [0.15, 0.2) is 41.2 Å². The number of hydrogen-bond acceptors (Lipinski definition) is 25. The first kappa shape index (κ1) is 90.5. The molecule has 0 unspecified atom stereocenters. The minimum Gasteiger partial charge on any atom is -0.458 e. The van der Waals surface area contributed by atoms with Gasteiger partial charge in [0.25, 0.3) is 5.56 Å². The molecular formula is C78H116FN9O23. The van der Waals surface area contributed by atoms with Crippen molar-refractivity contribution in [3.05, 3.63) is 91.5 Å². The van der Waals surface area contributed by atoms with E-state index in [4.69, 9.17) is 77.0 Å². The molecule has 0 fully saturated rings. The van der Waals surface area contributed by atoms with Crippen molar-refractivity contribution in [1.82, 2.24) is 36.1 Å². The Morgan fingerprint density at radius 2 is 1.19 bits per heavy atom. The largest absolute Gasteiger partial charge is 0.458 e. The van der Waals surface area contributed by atoms with Gasteiger partial charge in [0, 0.05) is 61.3 Å². The number of nitrogens with zero attached hydrogens (tertiary/aromatic N) is 2. The van der Waals surface area contributed by atoms with Crippen LogP contribution < -0.4 is 43.2 Å². The zero-order chi connectivity index (χ0) is 79.8. The van der Waals surface area contributed by atoms with Gasteiger partial charge in [-0.3, -0.25) is 28.8 Å². The standard InChI is InChI=1S/C78H116FN9O23/c1-7-78(97)60-47-65-71-58(49-88(65)75(94)59(60)51-110-76(78)95)69-63(20-19-57-53(4)61(79)48-64(85-71)68(57)69)86-77(96)111-50-55-15-17-56(18-16-55)84-72(91)54(5)83-74(93)70(52(2)3)87-67(90)14-9-8-11-23-82-73(92)62(80)13-10-12-22-81-66(89)21-24-99-27-28-101-31-32-103-35-36-105-39-40-107-43-44-109-46-45-108-42-41-106-38-37-104-34-33-102-30-29-100-26-25-98-6/h15-18,47-48,52,54,62-63,70,97H,7-14,19-46,49-51,80H2,1-6H3,(H,81,89)(H,82,92)(H,83,93)(H,84,91)(H,86,96)(H,87,90)/t54-,62-,63-,70-,78-/m0/s1. The molecule has 618 valence electrons. The molecule has 0 radical (unpaired) electrons. The SMILES string of the molecule is CC[C@@]1(O)C(=O)OCc2c1cc1n(c2=O)Cc2c-1nc1cc(F)c(C)c3c1c2[C@@H](NC(=O)OCc1ccc(NC(=O)[C@H](C)NC(=O)[C@@H](NC(=O)CCCCCNC(=O)[C@@H](N)CCCCNC(=O)CCOCCOCCOCCOCCOCCOCCOCCOCCOCCOCCOCCOC)C(C)C)cc1)CC3. The Bertz CT molecular complexity index is 3650. The molecule has 1 aliphatic carbocycles. The molecule has 7 rings (SSSR count). The number of fused-ring (bicyclic) bond motifs is 5. The molecule has 6 amide bonds. The average molecular weight is 1570 g/mol. The summed E-state index contributed by atoms with van der Waals surface area (Å²) in [6.07, 6.45) is 3.86. The molecule has 2 aromatic carbocycles. The lowest BCUT2D eigenvalue weighted by atomic mass is 9.81. The number of alkyl carbamates (subject to hydrolysis) is 1. The Morgan fingerprint density at radius 1 is 0.649 bits per heavy atom. The first-order valence-corrected chi connectivity index (χ1v) is 38.6. The number of carbonyl (C=O) groups excluding carboxylic acids is 7. The van der Waals surface area contributed by atoms with Crippen molar-refractivity contribution in [2.45, 2.75) is 155 Å². The number of benzene rings is 2. The molecule has 111 heavy (non-hydrogen) atoms. The fourth-order valence-electron chi connectivity index (χ4n) is 12.6. The van der Waals surface area contributed by atoms with Crippen LogP contribution in [0, 0.1) is 18.7 Å². The van der Waals surface area contributed by atoms with Gasteiger partial charge in [0.1, 0.15) is 31.1 Å². The van der Waals surface area contributed by atoms with Gasteiger partial charge in [-0.1, -0.05) is 39.3 Å². The minimum atomic E-state index is -2.04. The molecule has 5 atom stereocenters.